The number of hydrogen-bond donors (Lipinski definition) is 3. The number of aliphatic hydroxyl groups is 1. The van der Waals surface area contributed by atoms with E-state index in [1.54, 1.807) is 20.3 Å². The number of nitrogens with one attached hydrogen (secondary N) is 1. The Kier molecular flexibility index (Phi) is 8.63. The minimum atomic E-state index is -0.860. The van der Waals surface area contributed by atoms with Crippen molar-refractivity contribution in [3.63, 3.8) is 0 Å². The fourth-order valence-electron chi connectivity index (χ4n) is 3.24. The molecule has 172 valence electrons. The van der Waals surface area contributed by atoms with E-state index in [0.717, 1.165) is 38.4 Å². The standard InChI is InChI=1S/C23H27N3O4S.ClH/c1-12-8-16(10-20(30-5)13(12)2)22-17(11-25-31-22)15-6-7-19(29-4)18(9-15)26-23(28)21(24)14(3)27;/h6-11,14,21,27H,24H2,1-5H3,(H,26,28);1H/t14?,21-;/m0./s1. The quantitative estimate of drug-likeness (QED) is 0.445. The van der Waals surface area contributed by atoms with E-state index in [9.17, 15) is 9.90 Å². The number of aromatic nitrogens is 1. The second kappa shape index (κ2) is 10.8. The molecule has 32 heavy (non-hydrogen) atoms. The molecule has 0 saturated heterocycles. The van der Waals surface area contributed by atoms with Gasteiger partial charge < -0.3 is 38.0 Å². The topological polar surface area (TPSA) is 108 Å². The van der Waals surface area contributed by atoms with E-state index in [2.05, 4.69) is 28.4 Å². The Balaban J connectivity index is 0.00000363. The fraction of sp³-hybridized carbons (Fsp3) is 0.304. The Hall–Kier alpha value is -2.65. The number of amides is 1. The first kappa shape index (κ1) is 25.6. The van der Waals surface area contributed by atoms with Crippen molar-refractivity contribution in [2.24, 2.45) is 0 Å². The monoisotopic (exact) mass is 477 g/mol. The van der Waals surface area contributed by atoms with Crippen molar-refractivity contribution >= 4 is 23.1 Å². The maximum Gasteiger partial charge on any atom is 0.285 e. The van der Waals surface area contributed by atoms with Gasteiger partial charge >= 0.3 is 0 Å². The lowest BCUT2D eigenvalue weighted by molar-refractivity contribution is -0.418. The normalized spacial score (nSPS) is 12.5. The van der Waals surface area contributed by atoms with Gasteiger partial charge in [0.2, 0.25) is 0 Å². The molecule has 0 aliphatic rings. The van der Waals surface area contributed by atoms with E-state index < -0.39 is 12.1 Å². The summed E-state index contributed by atoms with van der Waals surface area (Å²) in [6.07, 6.45) is 0.955. The molecule has 2 atom stereocenters. The molecule has 0 fully saturated rings. The number of halogens is 1. The van der Waals surface area contributed by atoms with E-state index in [-0.39, 0.29) is 18.3 Å². The number of benzene rings is 2. The van der Waals surface area contributed by atoms with Crippen molar-refractivity contribution in [3.05, 3.63) is 47.7 Å². The lowest BCUT2D eigenvalue weighted by Gasteiger charge is -2.15. The van der Waals surface area contributed by atoms with Gasteiger partial charge in [-0.3, -0.25) is 4.79 Å². The maximum absolute atomic E-state index is 12.4. The molecule has 1 unspecified atom stereocenters. The summed E-state index contributed by atoms with van der Waals surface area (Å²) < 4.78 is 15.4. The van der Waals surface area contributed by atoms with Gasteiger partial charge in [-0.1, -0.05) is 12.1 Å². The van der Waals surface area contributed by atoms with Crippen LogP contribution in [0.3, 0.4) is 0 Å². The smallest absolute Gasteiger partial charge is 0.285 e. The summed E-state index contributed by atoms with van der Waals surface area (Å²) in [5.41, 5.74) is 9.31. The van der Waals surface area contributed by atoms with Crippen molar-refractivity contribution < 1.29 is 37.5 Å². The van der Waals surface area contributed by atoms with Gasteiger partial charge in [-0.25, -0.2) is 0 Å². The number of hydrogen-bond acceptors (Lipinski definition) is 6. The van der Waals surface area contributed by atoms with E-state index in [4.69, 9.17) is 9.47 Å². The van der Waals surface area contributed by atoms with E-state index in [1.807, 2.05) is 31.3 Å². The summed E-state index contributed by atoms with van der Waals surface area (Å²) in [6.45, 7) is 5.62. The van der Waals surface area contributed by atoms with Crippen LogP contribution in [-0.2, 0) is 4.79 Å². The number of nitrogens with zero attached hydrogens (tertiary/aromatic N) is 1. The molecule has 0 aliphatic carbocycles. The average Bonchev–Trinajstić information content (AvgIpc) is 3.24. The van der Waals surface area contributed by atoms with E-state index in [1.165, 1.54) is 18.5 Å². The van der Waals surface area contributed by atoms with Crippen LogP contribution in [-0.4, -0.2) is 41.8 Å². The Labute approximate surface area is 198 Å². The second-order valence-electron chi connectivity index (χ2n) is 7.44. The van der Waals surface area contributed by atoms with Crippen molar-refractivity contribution in [2.45, 2.75) is 32.9 Å². The van der Waals surface area contributed by atoms with E-state index >= 15 is 0 Å². The Bertz CT molecular complexity index is 1100. The molecule has 0 spiro atoms. The number of quaternary nitrogens is 1. The number of carbonyl (C=O) groups is 1. The molecule has 7 nitrogen and oxygen atoms in total. The Morgan fingerprint density at radius 1 is 1.12 bits per heavy atom. The van der Waals surface area contributed by atoms with Gasteiger partial charge in [-0.2, -0.15) is 4.37 Å². The highest BCUT2D eigenvalue weighted by Crippen LogP contribution is 2.40. The van der Waals surface area contributed by atoms with Gasteiger partial charge in [-0.05, 0) is 72.8 Å². The van der Waals surface area contributed by atoms with Crippen LogP contribution in [0.1, 0.15) is 18.1 Å². The number of ether oxygens (including phenoxy) is 2. The van der Waals surface area contributed by atoms with Crippen LogP contribution in [0.25, 0.3) is 21.6 Å². The first-order chi connectivity index (χ1) is 14.8. The first-order valence-electron chi connectivity index (χ1n) is 9.87. The average molecular weight is 478 g/mol. The van der Waals surface area contributed by atoms with Crippen LogP contribution >= 0.6 is 11.5 Å². The zero-order valence-electron chi connectivity index (χ0n) is 18.7. The SMILES string of the molecule is COc1ccc(-c2cnsc2-c2cc(C)c(C)c(OC)c2)cc1NC(=O)[C@@H]([NH3+])C(C)O.[Cl-]. The molecule has 0 bridgehead atoms. The molecule has 2 aromatic carbocycles. The molecule has 3 rings (SSSR count). The van der Waals surface area contributed by atoms with Crippen LogP contribution in [0.15, 0.2) is 36.5 Å². The molecular formula is C23H28ClN3O4S. The van der Waals surface area contributed by atoms with Gasteiger partial charge in [0.05, 0.1) is 24.8 Å². The van der Waals surface area contributed by atoms with Gasteiger partial charge in [0.1, 0.15) is 17.6 Å². The maximum atomic E-state index is 12.4. The Morgan fingerprint density at radius 3 is 2.44 bits per heavy atom. The molecule has 5 N–H and O–H groups in total. The van der Waals surface area contributed by atoms with Crippen LogP contribution in [0.2, 0.25) is 0 Å². The summed E-state index contributed by atoms with van der Waals surface area (Å²) in [7, 11) is 3.21. The molecule has 1 amide bonds. The fourth-order valence-corrected chi connectivity index (χ4v) is 4.00. The number of anilines is 1. The van der Waals surface area contributed by atoms with Crippen molar-refractivity contribution in [2.75, 3.05) is 19.5 Å². The summed E-state index contributed by atoms with van der Waals surface area (Å²) in [5.74, 6) is 0.970. The van der Waals surface area contributed by atoms with Crippen molar-refractivity contribution in [3.8, 4) is 33.1 Å². The third-order valence-corrected chi connectivity index (χ3v) is 6.21. The molecule has 0 saturated carbocycles. The number of aryl methyl sites for hydroxylation is 1. The number of methoxy groups -OCH3 is 2. The predicted octanol–water partition coefficient (Wildman–Crippen LogP) is 0.0449. The highest BCUT2D eigenvalue weighted by atomic mass is 35.5. The minimum absolute atomic E-state index is 0. The third kappa shape index (κ3) is 5.21. The van der Waals surface area contributed by atoms with Gasteiger partial charge in [0, 0.05) is 11.8 Å². The molecule has 3 aromatic rings. The number of rotatable bonds is 7. The summed E-state index contributed by atoms with van der Waals surface area (Å²) in [6, 6.07) is 8.91. The lowest BCUT2D eigenvalue weighted by atomic mass is 9.99. The molecule has 1 aromatic heterocycles. The molecule has 0 radical (unpaired) electrons. The van der Waals surface area contributed by atoms with Gasteiger partial charge in [0.25, 0.3) is 5.91 Å². The second-order valence-corrected chi connectivity index (χ2v) is 8.24. The van der Waals surface area contributed by atoms with Crippen LogP contribution in [0, 0.1) is 13.8 Å². The van der Waals surface area contributed by atoms with Crippen molar-refractivity contribution in [1.29, 1.82) is 0 Å². The largest absolute Gasteiger partial charge is 1.00 e. The summed E-state index contributed by atoms with van der Waals surface area (Å²) in [5, 5.41) is 12.5. The van der Waals surface area contributed by atoms with Crippen LogP contribution < -0.4 is 32.9 Å². The van der Waals surface area contributed by atoms with Gasteiger partial charge in [0.15, 0.2) is 6.04 Å². The van der Waals surface area contributed by atoms with E-state index in [0.29, 0.717) is 11.4 Å². The van der Waals surface area contributed by atoms with Gasteiger partial charge in [-0.15, -0.1) is 0 Å². The van der Waals surface area contributed by atoms with Crippen LogP contribution in [0.4, 0.5) is 5.69 Å². The zero-order valence-corrected chi connectivity index (χ0v) is 20.3. The lowest BCUT2D eigenvalue weighted by Crippen LogP contribution is -3.00. The van der Waals surface area contributed by atoms with Crippen molar-refractivity contribution in [1.82, 2.24) is 4.37 Å². The molecule has 9 heteroatoms. The molecular weight excluding hydrogens is 450 g/mol. The number of aliphatic hydroxyl groups excluding tert-OH is 1. The summed E-state index contributed by atoms with van der Waals surface area (Å²) in [4.78, 5) is 13.4. The molecule has 1 heterocycles. The summed E-state index contributed by atoms with van der Waals surface area (Å²) >= 11 is 1.40. The minimum Gasteiger partial charge on any atom is -1.00 e. The molecule has 0 aliphatic heterocycles. The third-order valence-electron chi connectivity index (χ3n) is 5.36. The number of carbonyl (C=O) groups excluding carboxylic acids is 1. The Morgan fingerprint density at radius 2 is 1.81 bits per heavy atom. The first-order valence-corrected chi connectivity index (χ1v) is 10.6. The predicted molar refractivity (Wildman–Crippen MR) is 123 cm³/mol. The highest BCUT2D eigenvalue weighted by molar-refractivity contribution is 7.10. The van der Waals surface area contributed by atoms with Crippen LogP contribution in [0.5, 0.6) is 11.5 Å². The highest BCUT2D eigenvalue weighted by Gasteiger charge is 2.24. The zero-order chi connectivity index (χ0) is 22.7.